The minimum absolute atomic E-state index is 0.312. The van der Waals surface area contributed by atoms with Crippen LogP contribution in [0.25, 0.3) is 0 Å². The zero-order valence-electron chi connectivity index (χ0n) is 10.0. The molecule has 0 aliphatic heterocycles. The SMILES string of the molecule is C=C(C)C(=O)OCc1ccccc1.COC. The van der Waals surface area contributed by atoms with Crippen LogP contribution in [0.3, 0.4) is 0 Å². The molecule has 0 unspecified atom stereocenters. The van der Waals surface area contributed by atoms with Gasteiger partial charge in [-0.25, -0.2) is 4.79 Å². The van der Waals surface area contributed by atoms with Crippen LogP contribution < -0.4 is 0 Å². The molecule has 0 heterocycles. The Morgan fingerprint density at radius 2 is 1.75 bits per heavy atom. The molecule has 16 heavy (non-hydrogen) atoms. The Kier molecular flexibility index (Phi) is 7.81. The third kappa shape index (κ3) is 6.79. The monoisotopic (exact) mass is 222 g/mol. The van der Waals surface area contributed by atoms with Gasteiger partial charge >= 0.3 is 5.97 Å². The second-order valence-electron chi connectivity index (χ2n) is 3.25. The highest BCUT2D eigenvalue weighted by molar-refractivity contribution is 5.86. The predicted molar refractivity (Wildman–Crippen MR) is 64.0 cm³/mol. The van der Waals surface area contributed by atoms with Gasteiger partial charge in [0.1, 0.15) is 6.61 Å². The van der Waals surface area contributed by atoms with Crippen molar-refractivity contribution in [2.45, 2.75) is 13.5 Å². The lowest BCUT2D eigenvalue weighted by molar-refractivity contribution is -0.140. The average Bonchev–Trinajstić information content (AvgIpc) is 2.28. The molecule has 0 saturated carbocycles. The fraction of sp³-hybridized carbons (Fsp3) is 0.308. The standard InChI is InChI=1S/C11H12O2.C2H6O/c1-9(2)11(12)13-8-10-6-4-3-5-7-10;1-3-2/h3-7H,1,8H2,2H3;1-2H3. The average molecular weight is 222 g/mol. The Hall–Kier alpha value is -1.61. The van der Waals surface area contributed by atoms with Gasteiger partial charge in [-0.2, -0.15) is 0 Å². The molecule has 0 N–H and O–H groups in total. The number of carbonyl (C=O) groups is 1. The smallest absolute Gasteiger partial charge is 0.333 e. The molecule has 0 aromatic heterocycles. The molecule has 1 rings (SSSR count). The van der Waals surface area contributed by atoms with Crippen molar-refractivity contribution in [2.24, 2.45) is 0 Å². The molecule has 0 aliphatic rings. The highest BCUT2D eigenvalue weighted by Gasteiger charge is 2.02. The lowest BCUT2D eigenvalue weighted by Gasteiger charge is -2.03. The first-order valence-electron chi connectivity index (χ1n) is 4.88. The van der Waals surface area contributed by atoms with Crippen molar-refractivity contribution in [3.63, 3.8) is 0 Å². The van der Waals surface area contributed by atoms with Gasteiger partial charge in [0.2, 0.25) is 0 Å². The van der Waals surface area contributed by atoms with Crippen LogP contribution in [0.15, 0.2) is 42.5 Å². The van der Waals surface area contributed by atoms with Gasteiger partial charge in [0.25, 0.3) is 0 Å². The quantitative estimate of drug-likeness (QED) is 0.582. The van der Waals surface area contributed by atoms with E-state index in [4.69, 9.17) is 4.74 Å². The van der Waals surface area contributed by atoms with Gasteiger partial charge in [-0.05, 0) is 12.5 Å². The molecule has 0 aliphatic carbocycles. The molecule has 0 spiro atoms. The van der Waals surface area contributed by atoms with E-state index in [1.165, 1.54) is 0 Å². The van der Waals surface area contributed by atoms with Crippen molar-refractivity contribution in [2.75, 3.05) is 14.2 Å². The maximum absolute atomic E-state index is 11.0. The van der Waals surface area contributed by atoms with Gasteiger partial charge in [0.15, 0.2) is 0 Å². The summed E-state index contributed by atoms with van der Waals surface area (Å²) in [4.78, 5) is 11.0. The topological polar surface area (TPSA) is 35.5 Å². The van der Waals surface area contributed by atoms with E-state index in [9.17, 15) is 4.79 Å². The van der Waals surface area contributed by atoms with E-state index in [1.54, 1.807) is 21.1 Å². The van der Waals surface area contributed by atoms with Gasteiger partial charge < -0.3 is 9.47 Å². The normalized spacial score (nSPS) is 8.69. The number of rotatable bonds is 3. The van der Waals surface area contributed by atoms with E-state index < -0.39 is 0 Å². The number of carbonyl (C=O) groups excluding carboxylic acids is 1. The summed E-state index contributed by atoms with van der Waals surface area (Å²) in [5.41, 5.74) is 1.41. The van der Waals surface area contributed by atoms with Crippen LogP contribution in [0.1, 0.15) is 12.5 Å². The van der Waals surface area contributed by atoms with Gasteiger partial charge in [-0.15, -0.1) is 0 Å². The van der Waals surface area contributed by atoms with Crippen molar-refractivity contribution >= 4 is 5.97 Å². The summed E-state index contributed by atoms with van der Waals surface area (Å²) in [5, 5.41) is 0. The fourth-order valence-electron chi connectivity index (χ4n) is 0.846. The van der Waals surface area contributed by atoms with E-state index in [1.807, 2.05) is 30.3 Å². The molecule has 0 radical (unpaired) electrons. The largest absolute Gasteiger partial charge is 0.457 e. The number of benzene rings is 1. The van der Waals surface area contributed by atoms with Gasteiger partial charge in [-0.1, -0.05) is 36.9 Å². The maximum Gasteiger partial charge on any atom is 0.333 e. The first kappa shape index (κ1) is 14.4. The molecule has 3 nitrogen and oxygen atoms in total. The highest BCUT2D eigenvalue weighted by atomic mass is 16.5. The lowest BCUT2D eigenvalue weighted by atomic mass is 10.2. The summed E-state index contributed by atoms with van der Waals surface area (Å²) >= 11 is 0. The maximum atomic E-state index is 11.0. The van der Waals surface area contributed by atoms with Crippen molar-refractivity contribution in [3.05, 3.63) is 48.0 Å². The van der Waals surface area contributed by atoms with Crippen molar-refractivity contribution in [3.8, 4) is 0 Å². The van der Waals surface area contributed by atoms with E-state index in [2.05, 4.69) is 11.3 Å². The molecule has 0 bridgehead atoms. The van der Waals surface area contributed by atoms with Crippen LogP contribution in [0, 0.1) is 0 Å². The Morgan fingerprint density at radius 3 is 2.19 bits per heavy atom. The summed E-state index contributed by atoms with van der Waals surface area (Å²) in [5.74, 6) is -0.344. The predicted octanol–water partition coefficient (Wildman–Crippen LogP) is 2.57. The zero-order chi connectivity index (χ0) is 12.4. The van der Waals surface area contributed by atoms with Crippen LogP contribution in [-0.4, -0.2) is 20.2 Å². The van der Waals surface area contributed by atoms with Crippen LogP contribution in [-0.2, 0) is 20.9 Å². The van der Waals surface area contributed by atoms with Crippen molar-refractivity contribution < 1.29 is 14.3 Å². The number of ether oxygens (including phenoxy) is 2. The Morgan fingerprint density at radius 1 is 1.25 bits per heavy atom. The molecule has 1 aromatic carbocycles. The summed E-state index contributed by atoms with van der Waals surface area (Å²) in [7, 11) is 3.25. The summed E-state index contributed by atoms with van der Waals surface area (Å²) in [6.45, 7) is 5.44. The summed E-state index contributed by atoms with van der Waals surface area (Å²) < 4.78 is 9.20. The summed E-state index contributed by atoms with van der Waals surface area (Å²) in [6, 6.07) is 9.55. The van der Waals surface area contributed by atoms with Crippen LogP contribution in [0.4, 0.5) is 0 Å². The Balaban J connectivity index is 0.000000673. The molecule has 0 amide bonds. The fourth-order valence-corrected chi connectivity index (χ4v) is 0.846. The van der Waals surface area contributed by atoms with Crippen LogP contribution in [0.2, 0.25) is 0 Å². The number of hydrogen-bond acceptors (Lipinski definition) is 3. The van der Waals surface area contributed by atoms with E-state index in [0.29, 0.717) is 12.2 Å². The van der Waals surface area contributed by atoms with E-state index in [-0.39, 0.29) is 5.97 Å². The third-order valence-electron chi connectivity index (χ3n) is 1.56. The minimum atomic E-state index is -0.344. The van der Waals surface area contributed by atoms with Crippen LogP contribution >= 0.6 is 0 Å². The zero-order valence-corrected chi connectivity index (χ0v) is 10.0. The number of esters is 1. The Bertz CT molecular complexity index is 317. The first-order valence-corrected chi connectivity index (χ1v) is 4.88. The second-order valence-corrected chi connectivity index (χ2v) is 3.25. The molecule has 0 atom stereocenters. The van der Waals surface area contributed by atoms with Gasteiger partial charge in [0.05, 0.1) is 0 Å². The third-order valence-corrected chi connectivity index (χ3v) is 1.56. The van der Waals surface area contributed by atoms with Crippen molar-refractivity contribution in [1.82, 2.24) is 0 Å². The molecule has 1 aromatic rings. The highest BCUT2D eigenvalue weighted by Crippen LogP contribution is 2.02. The molecular formula is C13H18O3. The van der Waals surface area contributed by atoms with E-state index in [0.717, 1.165) is 5.56 Å². The minimum Gasteiger partial charge on any atom is -0.457 e. The molecular weight excluding hydrogens is 204 g/mol. The number of methoxy groups -OCH3 is 1. The van der Waals surface area contributed by atoms with Gasteiger partial charge in [-0.3, -0.25) is 0 Å². The van der Waals surface area contributed by atoms with Crippen molar-refractivity contribution in [1.29, 1.82) is 0 Å². The summed E-state index contributed by atoms with van der Waals surface area (Å²) in [6.07, 6.45) is 0. The second kappa shape index (κ2) is 8.68. The molecule has 3 heteroatoms. The molecule has 88 valence electrons. The Labute approximate surface area is 96.7 Å². The number of hydrogen-bond donors (Lipinski definition) is 0. The molecule has 0 fully saturated rings. The van der Waals surface area contributed by atoms with E-state index >= 15 is 0 Å². The lowest BCUT2D eigenvalue weighted by Crippen LogP contribution is -2.04. The molecule has 0 saturated heterocycles. The van der Waals surface area contributed by atoms with Gasteiger partial charge in [0, 0.05) is 19.8 Å². The van der Waals surface area contributed by atoms with Crippen LogP contribution in [0.5, 0.6) is 0 Å². The first-order chi connectivity index (χ1) is 7.61.